The third kappa shape index (κ3) is 5.95. The molecule has 0 radical (unpaired) electrons. The van der Waals surface area contributed by atoms with Gasteiger partial charge in [-0.15, -0.1) is 0 Å². The Balaban J connectivity index is 2.02. The number of nitrogens with one attached hydrogen (secondary N) is 2. The molecule has 16 heavy (non-hydrogen) atoms. The summed E-state index contributed by atoms with van der Waals surface area (Å²) >= 11 is 0. The van der Waals surface area contributed by atoms with Crippen molar-refractivity contribution in [3.05, 3.63) is 0 Å². The molecule has 1 aliphatic carbocycles. The minimum atomic E-state index is -4.16. The fourth-order valence-corrected chi connectivity index (χ4v) is 1.78. The van der Waals surface area contributed by atoms with E-state index in [1.807, 2.05) is 0 Å². The first-order valence-corrected chi connectivity index (χ1v) is 5.54. The van der Waals surface area contributed by atoms with E-state index in [9.17, 15) is 18.0 Å². The van der Waals surface area contributed by atoms with E-state index in [0.717, 1.165) is 25.7 Å². The molecule has 0 aromatic carbocycles. The Labute approximate surface area is 92.8 Å². The Morgan fingerprint density at radius 2 is 1.88 bits per heavy atom. The van der Waals surface area contributed by atoms with Crippen molar-refractivity contribution in [2.75, 3.05) is 13.1 Å². The van der Waals surface area contributed by atoms with Crippen molar-refractivity contribution in [3.63, 3.8) is 0 Å². The second kappa shape index (κ2) is 6.08. The maximum Gasteiger partial charge on any atom is 0.390 e. The number of amides is 1. The van der Waals surface area contributed by atoms with Crippen molar-refractivity contribution in [1.82, 2.24) is 10.6 Å². The van der Waals surface area contributed by atoms with Gasteiger partial charge in [-0.05, 0) is 12.8 Å². The molecule has 0 bridgehead atoms. The van der Waals surface area contributed by atoms with Crippen LogP contribution >= 0.6 is 0 Å². The van der Waals surface area contributed by atoms with E-state index in [2.05, 4.69) is 10.6 Å². The molecule has 0 saturated heterocycles. The first kappa shape index (κ1) is 13.3. The smallest absolute Gasteiger partial charge is 0.352 e. The largest absolute Gasteiger partial charge is 0.390 e. The summed E-state index contributed by atoms with van der Waals surface area (Å²) in [6.07, 6.45) is -0.861. The van der Waals surface area contributed by atoms with Gasteiger partial charge in [0.2, 0.25) is 5.91 Å². The van der Waals surface area contributed by atoms with Gasteiger partial charge in [-0.2, -0.15) is 13.2 Å². The Morgan fingerprint density at radius 1 is 1.25 bits per heavy atom. The molecule has 1 saturated carbocycles. The van der Waals surface area contributed by atoms with E-state index < -0.39 is 12.6 Å². The maximum absolute atomic E-state index is 11.8. The van der Waals surface area contributed by atoms with Gasteiger partial charge in [-0.25, -0.2) is 0 Å². The second-order valence-corrected chi connectivity index (χ2v) is 4.09. The normalized spacial score (nSPS) is 17.7. The molecular weight excluding hydrogens is 221 g/mol. The molecule has 0 heterocycles. The van der Waals surface area contributed by atoms with Crippen LogP contribution in [-0.4, -0.2) is 31.2 Å². The van der Waals surface area contributed by atoms with E-state index in [1.165, 1.54) is 0 Å². The molecule has 0 aromatic rings. The summed E-state index contributed by atoms with van der Waals surface area (Å²) in [7, 11) is 0. The quantitative estimate of drug-likeness (QED) is 0.714. The molecule has 1 amide bonds. The molecule has 94 valence electrons. The van der Waals surface area contributed by atoms with E-state index in [0.29, 0.717) is 0 Å². The third-order valence-electron chi connectivity index (χ3n) is 2.59. The lowest BCUT2D eigenvalue weighted by atomic mass is 10.2. The predicted octanol–water partition coefficient (Wildman–Crippen LogP) is 1.59. The maximum atomic E-state index is 11.8. The van der Waals surface area contributed by atoms with Gasteiger partial charge in [0.1, 0.15) is 0 Å². The van der Waals surface area contributed by atoms with Crippen LogP contribution in [0.2, 0.25) is 0 Å². The van der Waals surface area contributed by atoms with Crippen molar-refractivity contribution in [1.29, 1.82) is 0 Å². The van der Waals surface area contributed by atoms with Crippen LogP contribution in [0, 0.1) is 0 Å². The Kier molecular flexibility index (Phi) is 5.05. The fourth-order valence-electron chi connectivity index (χ4n) is 1.78. The Morgan fingerprint density at radius 3 is 2.44 bits per heavy atom. The van der Waals surface area contributed by atoms with Crippen LogP contribution in [-0.2, 0) is 4.79 Å². The van der Waals surface area contributed by atoms with Crippen molar-refractivity contribution in [3.8, 4) is 0 Å². The van der Waals surface area contributed by atoms with Crippen LogP contribution in [0.5, 0.6) is 0 Å². The molecule has 2 N–H and O–H groups in total. The highest BCUT2D eigenvalue weighted by atomic mass is 19.4. The lowest BCUT2D eigenvalue weighted by molar-refractivity contribution is -0.134. The number of alkyl halides is 3. The monoisotopic (exact) mass is 238 g/mol. The standard InChI is InChI=1S/C10H17F3N2O/c11-10(12,13)5-6-14-7-9(16)15-8-3-1-2-4-8/h8,14H,1-7H2,(H,15,16). The zero-order valence-corrected chi connectivity index (χ0v) is 9.07. The first-order valence-electron chi connectivity index (χ1n) is 5.54. The van der Waals surface area contributed by atoms with Crippen LogP contribution < -0.4 is 10.6 Å². The summed E-state index contributed by atoms with van der Waals surface area (Å²) < 4.78 is 35.3. The lowest BCUT2D eigenvalue weighted by Gasteiger charge is -2.12. The van der Waals surface area contributed by atoms with Gasteiger partial charge in [0.15, 0.2) is 0 Å². The Bertz CT molecular complexity index is 225. The van der Waals surface area contributed by atoms with Gasteiger partial charge >= 0.3 is 6.18 Å². The van der Waals surface area contributed by atoms with E-state index in [-0.39, 0.29) is 25.0 Å². The fraction of sp³-hybridized carbons (Fsp3) is 0.900. The lowest BCUT2D eigenvalue weighted by Crippen LogP contribution is -2.39. The van der Waals surface area contributed by atoms with Gasteiger partial charge in [-0.1, -0.05) is 12.8 Å². The molecule has 0 spiro atoms. The number of carbonyl (C=O) groups is 1. The predicted molar refractivity (Wildman–Crippen MR) is 53.9 cm³/mol. The molecule has 1 aliphatic rings. The number of hydrogen-bond donors (Lipinski definition) is 2. The minimum absolute atomic E-state index is 0.0351. The van der Waals surface area contributed by atoms with E-state index >= 15 is 0 Å². The molecule has 6 heteroatoms. The SMILES string of the molecule is O=C(CNCCC(F)(F)F)NC1CCCC1. The zero-order chi connectivity index (χ0) is 12.0. The third-order valence-corrected chi connectivity index (χ3v) is 2.59. The zero-order valence-electron chi connectivity index (χ0n) is 9.07. The molecule has 0 atom stereocenters. The highest BCUT2D eigenvalue weighted by molar-refractivity contribution is 5.78. The second-order valence-electron chi connectivity index (χ2n) is 4.09. The molecule has 0 aliphatic heterocycles. The summed E-state index contributed by atoms with van der Waals surface area (Å²) in [6, 6.07) is 0.219. The molecule has 0 aromatic heterocycles. The van der Waals surface area contributed by atoms with Crippen molar-refractivity contribution in [2.45, 2.75) is 44.3 Å². The van der Waals surface area contributed by atoms with Gasteiger partial charge < -0.3 is 10.6 Å². The number of hydrogen-bond acceptors (Lipinski definition) is 2. The molecule has 1 fully saturated rings. The van der Waals surface area contributed by atoms with E-state index in [4.69, 9.17) is 0 Å². The summed E-state index contributed by atoms with van der Waals surface area (Å²) in [5, 5.41) is 5.28. The Hall–Kier alpha value is -0.780. The highest BCUT2D eigenvalue weighted by Crippen LogP contribution is 2.18. The number of halogens is 3. The minimum Gasteiger partial charge on any atom is -0.352 e. The average molecular weight is 238 g/mol. The number of rotatable bonds is 5. The number of carbonyl (C=O) groups excluding carboxylic acids is 1. The van der Waals surface area contributed by atoms with Crippen molar-refractivity contribution < 1.29 is 18.0 Å². The van der Waals surface area contributed by atoms with Crippen LogP contribution in [0.1, 0.15) is 32.1 Å². The summed E-state index contributed by atoms with van der Waals surface area (Å²) in [6.45, 7) is -0.242. The average Bonchev–Trinajstić information content (AvgIpc) is 2.63. The van der Waals surface area contributed by atoms with E-state index in [1.54, 1.807) is 0 Å². The van der Waals surface area contributed by atoms with Gasteiger partial charge in [0, 0.05) is 12.6 Å². The first-order chi connectivity index (χ1) is 7.47. The van der Waals surface area contributed by atoms with Crippen LogP contribution in [0.3, 0.4) is 0 Å². The van der Waals surface area contributed by atoms with Gasteiger partial charge in [0.05, 0.1) is 13.0 Å². The van der Waals surface area contributed by atoms with Crippen molar-refractivity contribution in [2.24, 2.45) is 0 Å². The van der Waals surface area contributed by atoms with Crippen LogP contribution in [0.4, 0.5) is 13.2 Å². The molecule has 0 unspecified atom stereocenters. The molecule has 1 rings (SSSR count). The summed E-state index contributed by atoms with van der Waals surface area (Å²) in [5.74, 6) is -0.214. The van der Waals surface area contributed by atoms with Gasteiger partial charge in [-0.3, -0.25) is 4.79 Å². The molecule has 3 nitrogen and oxygen atoms in total. The highest BCUT2D eigenvalue weighted by Gasteiger charge is 2.26. The van der Waals surface area contributed by atoms with Crippen molar-refractivity contribution >= 4 is 5.91 Å². The van der Waals surface area contributed by atoms with Gasteiger partial charge in [0.25, 0.3) is 0 Å². The summed E-state index contributed by atoms with van der Waals surface area (Å²) in [4.78, 5) is 11.3. The summed E-state index contributed by atoms with van der Waals surface area (Å²) in [5.41, 5.74) is 0. The van der Waals surface area contributed by atoms with Crippen LogP contribution in [0.25, 0.3) is 0 Å². The van der Waals surface area contributed by atoms with Crippen LogP contribution in [0.15, 0.2) is 0 Å². The topological polar surface area (TPSA) is 41.1 Å². The molecular formula is C10H17F3N2O.